The summed E-state index contributed by atoms with van der Waals surface area (Å²) < 4.78 is 65.8. The predicted molar refractivity (Wildman–Crippen MR) is 200 cm³/mol. The van der Waals surface area contributed by atoms with Gasteiger partial charge in [-0.05, 0) is 73.9 Å². The smallest absolute Gasteiger partial charge is 0.861 e. The molecule has 0 radical (unpaired) electrons. The monoisotopic (exact) mass is 778 g/mol. The standard InChI is InChI=1S/2C19H18N2O4S.Ca/c2*1-3-17(22)21-26(23,24)16-11-9-14(10-12-16)18-13(2)25-20-19(18)15-7-5-4-6-8-15;/h2*4-12H,3H2,1-2H3,(H,21,22);/q;;+2/p-2. The molecule has 0 aliphatic carbocycles. The Bertz CT molecular complexity index is 2250. The minimum Gasteiger partial charge on any atom is -0.861 e. The van der Waals surface area contributed by atoms with Gasteiger partial charge in [-0.2, -0.15) is 25.6 Å². The van der Waals surface area contributed by atoms with Crippen molar-refractivity contribution in [3.63, 3.8) is 0 Å². The van der Waals surface area contributed by atoms with E-state index >= 15 is 0 Å². The molecule has 15 heteroatoms. The molecule has 0 unspecified atom stereocenters. The normalized spacial score (nSPS) is 12.1. The second-order valence-corrected chi connectivity index (χ2v) is 14.5. The second-order valence-electron chi connectivity index (χ2n) is 11.3. The third kappa shape index (κ3) is 9.89. The fraction of sp³-hybridized carbons (Fsp3) is 0.158. The number of aryl methyl sites for hydroxylation is 2. The fourth-order valence-electron chi connectivity index (χ4n) is 5.10. The van der Waals surface area contributed by atoms with Crippen LogP contribution in [0.1, 0.15) is 38.2 Å². The average Bonchev–Trinajstić information content (AvgIpc) is 3.74. The summed E-state index contributed by atoms with van der Waals surface area (Å²) in [5.41, 5.74) is 6.29. The third-order valence-corrected chi connectivity index (χ3v) is 10.4. The van der Waals surface area contributed by atoms with Crippen LogP contribution in [0.3, 0.4) is 0 Å². The molecule has 0 fully saturated rings. The van der Waals surface area contributed by atoms with Gasteiger partial charge in [0.25, 0.3) is 20.0 Å². The SMILES string of the molecule is CC/C([O-])=N\S(=O)(=O)c1ccc(-c2c(-c3ccccc3)noc2C)cc1.CC/C([O-])=N\S(=O)(=O)c1ccc(-c2c(-c3ccccc3)noc2C)cc1.[Ca+2]. The number of hydrogen-bond acceptors (Lipinski definition) is 10. The summed E-state index contributed by atoms with van der Waals surface area (Å²) in [4.78, 5) is -0.0585. The van der Waals surface area contributed by atoms with Crippen molar-refractivity contribution in [3.8, 4) is 44.8 Å². The summed E-state index contributed by atoms with van der Waals surface area (Å²) in [7, 11) is -7.99. The predicted octanol–water partition coefficient (Wildman–Crippen LogP) is 5.97. The van der Waals surface area contributed by atoms with Crippen LogP contribution in [0.25, 0.3) is 44.8 Å². The van der Waals surface area contributed by atoms with E-state index in [1.807, 2.05) is 60.7 Å². The first-order chi connectivity index (χ1) is 24.8. The van der Waals surface area contributed by atoms with Gasteiger partial charge in [-0.3, -0.25) is 0 Å². The first-order valence-electron chi connectivity index (χ1n) is 16.1. The Balaban J connectivity index is 0.000000232. The van der Waals surface area contributed by atoms with Crippen molar-refractivity contribution in [1.82, 2.24) is 10.3 Å². The van der Waals surface area contributed by atoms with Crippen molar-refractivity contribution in [2.45, 2.75) is 50.3 Å². The van der Waals surface area contributed by atoms with Crippen LogP contribution in [0.15, 0.2) is 137 Å². The Morgan fingerprint density at radius 1 is 0.547 bits per heavy atom. The molecule has 0 atom stereocenters. The molecule has 0 spiro atoms. The maximum Gasteiger partial charge on any atom is 2.00 e. The van der Waals surface area contributed by atoms with Crippen LogP contribution in [-0.4, -0.2) is 76.7 Å². The molecule has 0 aliphatic rings. The van der Waals surface area contributed by atoms with Gasteiger partial charge in [-0.15, -0.1) is 0 Å². The average molecular weight is 779 g/mol. The van der Waals surface area contributed by atoms with E-state index in [-0.39, 0.29) is 60.4 Å². The summed E-state index contributed by atoms with van der Waals surface area (Å²) >= 11 is 0. The fourth-order valence-corrected chi connectivity index (χ4v) is 7.07. The summed E-state index contributed by atoms with van der Waals surface area (Å²) in [6, 6.07) is 31.5. The van der Waals surface area contributed by atoms with Crippen LogP contribution in [-0.2, 0) is 20.0 Å². The topological polar surface area (TPSA) is 191 Å². The first kappa shape index (κ1) is 41.2. The molecule has 2 heterocycles. The van der Waals surface area contributed by atoms with E-state index in [4.69, 9.17) is 9.05 Å². The first-order valence-corrected chi connectivity index (χ1v) is 19.0. The van der Waals surface area contributed by atoms with Gasteiger partial charge in [0.15, 0.2) is 0 Å². The number of benzene rings is 4. The molecule has 6 rings (SSSR count). The zero-order chi connectivity index (χ0) is 37.5. The van der Waals surface area contributed by atoms with Crippen LogP contribution in [0.4, 0.5) is 0 Å². The van der Waals surface area contributed by atoms with Crippen LogP contribution in [0, 0.1) is 13.8 Å². The maximum absolute atomic E-state index is 12.1. The minimum absolute atomic E-state index is 0. The molecule has 0 aliphatic heterocycles. The molecule has 268 valence electrons. The zero-order valence-electron chi connectivity index (χ0n) is 29.4. The molecule has 53 heavy (non-hydrogen) atoms. The molecule has 0 saturated heterocycles. The number of nitrogens with zero attached hydrogens (tertiary/aromatic N) is 4. The van der Waals surface area contributed by atoms with Crippen molar-refractivity contribution < 1.29 is 36.1 Å². The van der Waals surface area contributed by atoms with E-state index in [2.05, 4.69) is 19.1 Å². The number of hydrogen-bond donors (Lipinski definition) is 0. The molecule has 0 saturated carbocycles. The second kappa shape index (κ2) is 18.0. The molecule has 0 bridgehead atoms. The summed E-state index contributed by atoms with van der Waals surface area (Å²) in [6.07, 6.45) is 0.0786. The quantitative estimate of drug-likeness (QED) is 0.0910. The van der Waals surface area contributed by atoms with Crippen molar-refractivity contribution in [3.05, 3.63) is 121 Å². The minimum atomic E-state index is -3.99. The van der Waals surface area contributed by atoms with Crippen LogP contribution < -0.4 is 10.2 Å². The van der Waals surface area contributed by atoms with E-state index < -0.39 is 31.8 Å². The Morgan fingerprint density at radius 3 is 1.17 bits per heavy atom. The molecule has 6 aromatic rings. The number of rotatable bonds is 10. The van der Waals surface area contributed by atoms with Crippen LogP contribution in [0.2, 0.25) is 0 Å². The molecule has 4 aromatic carbocycles. The summed E-state index contributed by atoms with van der Waals surface area (Å²) in [5, 5.41) is 30.9. The molecular formula is C38H34CaN4O8S2. The summed E-state index contributed by atoms with van der Waals surface area (Å²) in [5.74, 6) is -0.0822. The van der Waals surface area contributed by atoms with Gasteiger partial charge < -0.3 is 19.3 Å². The van der Waals surface area contributed by atoms with Crippen molar-refractivity contribution in [1.29, 1.82) is 0 Å². The van der Waals surface area contributed by atoms with E-state index in [1.54, 1.807) is 52.0 Å². The van der Waals surface area contributed by atoms with Gasteiger partial charge in [0.2, 0.25) is 0 Å². The van der Waals surface area contributed by atoms with Crippen LogP contribution >= 0.6 is 0 Å². The van der Waals surface area contributed by atoms with Crippen LogP contribution in [0.5, 0.6) is 0 Å². The summed E-state index contributed by atoms with van der Waals surface area (Å²) in [6.45, 7) is 6.72. The zero-order valence-corrected chi connectivity index (χ0v) is 33.2. The van der Waals surface area contributed by atoms with Gasteiger partial charge in [0.1, 0.15) is 22.9 Å². The number of sulfonamides is 2. The molecule has 0 N–H and O–H groups in total. The van der Waals surface area contributed by atoms with Gasteiger partial charge in [0, 0.05) is 11.1 Å². The van der Waals surface area contributed by atoms with Crippen molar-refractivity contribution in [2.75, 3.05) is 0 Å². The van der Waals surface area contributed by atoms with E-state index in [0.29, 0.717) is 22.9 Å². The Kier molecular flexibility index (Phi) is 13.9. The Hall–Kier alpha value is -4.60. The number of aromatic nitrogens is 2. The van der Waals surface area contributed by atoms with Crippen molar-refractivity contribution in [2.24, 2.45) is 8.80 Å². The molecule has 12 nitrogen and oxygen atoms in total. The van der Waals surface area contributed by atoms with Gasteiger partial charge in [-0.25, -0.2) is 0 Å². The maximum atomic E-state index is 12.1. The molecular weight excluding hydrogens is 745 g/mol. The van der Waals surface area contributed by atoms with Gasteiger partial charge >= 0.3 is 37.7 Å². The molecule has 0 amide bonds. The van der Waals surface area contributed by atoms with Gasteiger partial charge in [-0.1, -0.05) is 109 Å². The van der Waals surface area contributed by atoms with E-state index in [0.717, 1.165) is 33.4 Å². The Labute approximate surface area is 338 Å². The van der Waals surface area contributed by atoms with Gasteiger partial charge in [0.05, 0.1) is 20.9 Å². The van der Waals surface area contributed by atoms with Crippen molar-refractivity contribution >= 4 is 69.6 Å². The molecule has 2 aromatic heterocycles. The van der Waals surface area contributed by atoms with E-state index in [9.17, 15) is 27.0 Å². The van der Waals surface area contributed by atoms with E-state index in [1.165, 1.54) is 24.3 Å². The Morgan fingerprint density at radius 2 is 0.868 bits per heavy atom. The largest absolute Gasteiger partial charge is 2.00 e. The third-order valence-electron chi connectivity index (χ3n) is 7.75.